The SMILES string of the molecule is Cc1cc(C)c(C)c(N(C)C(=O)CC(C)N)c1C. The van der Waals surface area contributed by atoms with E-state index in [0.717, 1.165) is 5.69 Å². The van der Waals surface area contributed by atoms with Crippen molar-refractivity contribution >= 4 is 11.6 Å². The molecule has 3 heteroatoms. The van der Waals surface area contributed by atoms with Crippen molar-refractivity contribution in [2.24, 2.45) is 5.73 Å². The van der Waals surface area contributed by atoms with Gasteiger partial charge in [-0.05, 0) is 56.9 Å². The molecule has 0 spiro atoms. The Morgan fingerprint density at radius 2 is 1.67 bits per heavy atom. The van der Waals surface area contributed by atoms with Crippen LogP contribution in [0.1, 0.15) is 35.6 Å². The number of aryl methyl sites for hydroxylation is 2. The molecule has 1 aromatic carbocycles. The Hall–Kier alpha value is -1.35. The minimum Gasteiger partial charge on any atom is -0.327 e. The van der Waals surface area contributed by atoms with Crippen LogP contribution in [-0.2, 0) is 4.79 Å². The molecule has 0 aromatic heterocycles. The van der Waals surface area contributed by atoms with Crippen molar-refractivity contribution in [1.82, 2.24) is 0 Å². The zero-order chi connectivity index (χ0) is 14.0. The summed E-state index contributed by atoms with van der Waals surface area (Å²) in [5.41, 5.74) is 11.5. The van der Waals surface area contributed by atoms with Gasteiger partial charge in [0.2, 0.25) is 5.91 Å². The molecule has 1 aromatic rings. The molecule has 0 heterocycles. The molecular weight excluding hydrogens is 224 g/mol. The van der Waals surface area contributed by atoms with Crippen molar-refractivity contribution < 1.29 is 4.79 Å². The minimum absolute atomic E-state index is 0.0706. The summed E-state index contributed by atoms with van der Waals surface area (Å²) in [6, 6.07) is 2.06. The molecule has 3 nitrogen and oxygen atoms in total. The first-order valence-electron chi connectivity index (χ1n) is 6.35. The second-order valence-corrected chi connectivity index (χ2v) is 5.24. The number of nitrogens with zero attached hydrogens (tertiary/aromatic N) is 1. The standard InChI is InChI=1S/C15H24N2O/c1-9-7-10(2)13(5)15(12(9)4)17(6)14(18)8-11(3)16/h7,11H,8,16H2,1-6H3. The number of nitrogens with two attached hydrogens (primary N) is 1. The highest BCUT2D eigenvalue weighted by atomic mass is 16.2. The molecular formula is C15H24N2O. The molecule has 0 aliphatic carbocycles. The fourth-order valence-corrected chi connectivity index (χ4v) is 2.24. The Labute approximate surface area is 110 Å². The molecule has 1 atom stereocenters. The van der Waals surface area contributed by atoms with Crippen molar-refractivity contribution in [1.29, 1.82) is 0 Å². The number of carbonyl (C=O) groups excluding carboxylic acids is 1. The van der Waals surface area contributed by atoms with E-state index in [9.17, 15) is 4.79 Å². The molecule has 0 aliphatic heterocycles. The van der Waals surface area contributed by atoms with Crippen LogP contribution in [0.25, 0.3) is 0 Å². The van der Waals surface area contributed by atoms with Gasteiger partial charge in [0, 0.05) is 25.2 Å². The van der Waals surface area contributed by atoms with Gasteiger partial charge in [0.1, 0.15) is 0 Å². The van der Waals surface area contributed by atoms with Gasteiger partial charge < -0.3 is 10.6 Å². The van der Waals surface area contributed by atoms with E-state index in [0.29, 0.717) is 6.42 Å². The van der Waals surface area contributed by atoms with Gasteiger partial charge in [-0.25, -0.2) is 0 Å². The molecule has 0 saturated carbocycles. The summed E-state index contributed by atoms with van der Waals surface area (Å²) in [6.45, 7) is 10.1. The maximum atomic E-state index is 12.1. The van der Waals surface area contributed by atoms with E-state index in [4.69, 9.17) is 5.73 Å². The number of hydrogen-bond acceptors (Lipinski definition) is 2. The van der Waals surface area contributed by atoms with Crippen LogP contribution in [0.5, 0.6) is 0 Å². The zero-order valence-electron chi connectivity index (χ0n) is 12.3. The third kappa shape index (κ3) is 2.91. The number of anilines is 1. The van der Waals surface area contributed by atoms with Crippen LogP contribution >= 0.6 is 0 Å². The molecule has 18 heavy (non-hydrogen) atoms. The summed E-state index contributed by atoms with van der Waals surface area (Å²) < 4.78 is 0. The van der Waals surface area contributed by atoms with Gasteiger partial charge in [0.05, 0.1) is 0 Å². The number of benzene rings is 1. The lowest BCUT2D eigenvalue weighted by atomic mass is 9.97. The zero-order valence-corrected chi connectivity index (χ0v) is 12.3. The van der Waals surface area contributed by atoms with E-state index in [1.807, 2.05) is 14.0 Å². The maximum Gasteiger partial charge on any atom is 0.228 e. The van der Waals surface area contributed by atoms with Crippen LogP contribution in [0.15, 0.2) is 6.07 Å². The fraction of sp³-hybridized carbons (Fsp3) is 0.533. The summed E-state index contributed by atoms with van der Waals surface area (Å²) >= 11 is 0. The van der Waals surface area contributed by atoms with Crippen molar-refractivity contribution in [3.05, 3.63) is 28.3 Å². The highest BCUT2D eigenvalue weighted by Crippen LogP contribution is 2.29. The van der Waals surface area contributed by atoms with Crippen molar-refractivity contribution in [3.8, 4) is 0 Å². The van der Waals surface area contributed by atoms with Crippen molar-refractivity contribution in [2.45, 2.75) is 47.1 Å². The van der Waals surface area contributed by atoms with Crippen molar-refractivity contribution in [3.63, 3.8) is 0 Å². The summed E-state index contributed by atoms with van der Waals surface area (Å²) in [6.07, 6.45) is 0.377. The molecule has 0 radical (unpaired) electrons. The van der Waals surface area contributed by atoms with Gasteiger partial charge in [0.15, 0.2) is 0 Å². The van der Waals surface area contributed by atoms with Crippen LogP contribution < -0.4 is 10.6 Å². The van der Waals surface area contributed by atoms with E-state index in [-0.39, 0.29) is 11.9 Å². The Kier molecular flexibility index (Phi) is 4.52. The van der Waals surface area contributed by atoms with E-state index >= 15 is 0 Å². The Morgan fingerprint density at radius 3 is 2.06 bits per heavy atom. The summed E-state index contributed by atoms with van der Waals surface area (Å²) in [7, 11) is 1.83. The van der Waals surface area contributed by atoms with E-state index in [1.165, 1.54) is 22.3 Å². The second-order valence-electron chi connectivity index (χ2n) is 5.24. The van der Waals surface area contributed by atoms with Crippen LogP contribution in [0, 0.1) is 27.7 Å². The highest BCUT2D eigenvalue weighted by molar-refractivity contribution is 5.95. The first-order chi connectivity index (χ1) is 8.25. The topological polar surface area (TPSA) is 46.3 Å². The van der Waals surface area contributed by atoms with E-state index in [2.05, 4.69) is 33.8 Å². The molecule has 2 N–H and O–H groups in total. The van der Waals surface area contributed by atoms with Gasteiger partial charge in [-0.15, -0.1) is 0 Å². The smallest absolute Gasteiger partial charge is 0.228 e. The Bertz CT molecular complexity index is 438. The van der Waals surface area contributed by atoms with Gasteiger partial charge in [0.25, 0.3) is 0 Å². The fourth-order valence-electron chi connectivity index (χ4n) is 2.24. The van der Waals surface area contributed by atoms with E-state index in [1.54, 1.807) is 4.90 Å². The van der Waals surface area contributed by atoms with Crippen LogP contribution in [-0.4, -0.2) is 19.0 Å². The average molecular weight is 248 g/mol. The Morgan fingerprint density at radius 1 is 1.22 bits per heavy atom. The third-order valence-electron chi connectivity index (χ3n) is 3.53. The summed E-state index contributed by atoms with van der Waals surface area (Å²) in [5.74, 6) is 0.0706. The molecule has 1 rings (SSSR count). The van der Waals surface area contributed by atoms with Gasteiger partial charge in [-0.2, -0.15) is 0 Å². The first kappa shape index (κ1) is 14.7. The lowest BCUT2D eigenvalue weighted by molar-refractivity contribution is -0.118. The highest BCUT2D eigenvalue weighted by Gasteiger charge is 2.18. The van der Waals surface area contributed by atoms with Crippen LogP contribution in [0.2, 0.25) is 0 Å². The van der Waals surface area contributed by atoms with Gasteiger partial charge >= 0.3 is 0 Å². The molecule has 0 aliphatic rings. The van der Waals surface area contributed by atoms with E-state index < -0.39 is 0 Å². The molecule has 0 saturated heterocycles. The van der Waals surface area contributed by atoms with Crippen LogP contribution in [0.4, 0.5) is 5.69 Å². The number of carbonyl (C=O) groups is 1. The molecule has 0 fully saturated rings. The monoisotopic (exact) mass is 248 g/mol. The number of rotatable bonds is 3. The van der Waals surface area contributed by atoms with Crippen LogP contribution in [0.3, 0.4) is 0 Å². The molecule has 100 valence electrons. The van der Waals surface area contributed by atoms with Gasteiger partial charge in [-0.3, -0.25) is 4.79 Å². The number of hydrogen-bond donors (Lipinski definition) is 1. The average Bonchev–Trinajstić information content (AvgIpc) is 2.25. The van der Waals surface area contributed by atoms with Gasteiger partial charge in [-0.1, -0.05) is 6.07 Å². The predicted octanol–water partition coefficient (Wildman–Crippen LogP) is 2.62. The summed E-state index contributed by atoms with van der Waals surface area (Å²) in [5, 5.41) is 0. The second kappa shape index (κ2) is 5.53. The quantitative estimate of drug-likeness (QED) is 0.893. The lowest BCUT2D eigenvalue weighted by Gasteiger charge is -2.25. The maximum absolute atomic E-state index is 12.1. The predicted molar refractivity (Wildman–Crippen MR) is 77.1 cm³/mol. The normalized spacial score (nSPS) is 12.4. The third-order valence-corrected chi connectivity index (χ3v) is 3.53. The first-order valence-corrected chi connectivity index (χ1v) is 6.35. The lowest BCUT2D eigenvalue weighted by Crippen LogP contribution is -2.32. The van der Waals surface area contributed by atoms with Crippen molar-refractivity contribution in [2.75, 3.05) is 11.9 Å². The molecule has 1 unspecified atom stereocenters. The number of amides is 1. The minimum atomic E-state index is -0.105. The molecule has 1 amide bonds. The Balaban J connectivity index is 3.20. The largest absolute Gasteiger partial charge is 0.327 e. The summed E-state index contributed by atoms with van der Waals surface area (Å²) in [4.78, 5) is 13.9. The molecule has 0 bridgehead atoms.